The predicted molar refractivity (Wildman–Crippen MR) is 94.5 cm³/mol. The summed E-state index contributed by atoms with van der Waals surface area (Å²) >= 11 is 0. The van der Waals surface area contributed by atoms with E-state index in [1.54, 1.807) is 12.1 Å². The highest BCUT2D eigenvalue weighted by Gasteiger charge is 2.29. The van der Waals surface area contributed by atoms with Gasteiger partial charge in [0.15, 0.2) is 11.5 Å². The Morgan fingerprint density at radius 3 is 2.42 bits per heavy atom. The molecule has 24 heavy (non-hydrogen) atoms. The van der Waals surface area contributed by atoms with Crippen LogP contribution in [0.15, 0.2) is 23.1 Å². The zero-order chi connectivity index (χ0) is 16.3. The fraction of sp³-hybridized carbons (Fsp3) is 0.625. The van der Waals surface area contributed by atoms with Crippen LogP contribution in [-0.2, 0) is 10.0 Å². The average Bonchev–Trinajstić information content (AvgIpc) is 2.78. The number of halogens is 1. The van der Waals surface area contributed by atoms with Gasteiger partial charge in [0.1, 0.15) is 0 Å². The minimum atomic E-state index is -3.61. The largest absolute Gasteiger partial charge is 0.490 e. The summed E-state index contributed by atoms with van der Waals surface area (Å²) in [6, 6.07) is 4.71. The molecule has 0 radical (unpaired) electrons. The maximum atomic E-state index is 12.5. The van der Waals surface area contributed by atoms with E-state index in [0.717, 1.165) is 32.1 Å². The number of hydrogen-bond donors (Lipinski definition) is 2. The lowest BCUT2D eigenvalue weighted by Gasteiger charge is -2.33. The minimum absolute atomic E-state index is 0. The first kappa shape index (κ1) is 19.3. The van der Waals surface area contributed by atoms with E-state index < -0.39 is 15.6 Å². The standard InChI is InChI=1S/C16H24N2O4S.ClH/c17-16(7-2-1-3-8-16)12-18-23(19,20)13-5-6-14-15(11-13)22-10-4-9-21-14;/h5-6,11,18H,1-4,7-10,12,17H2;1H. The summed E-state index contributed by atoms with van der Waals surface area (Å²) in [6.45, 7) is 1.37. The first-order chi connectivity index (χ1) is 11.0. The van der Waals surface area contributed by atoms with Gasteiger partial charge in [0.2, 0.25) is 10.0 Å². The van der Waals surface area contributed by atoms with Crippen LogP contribution in [0.2, 0.25) is 0 Å². The minimum Gasteiger partial charge on any atom is -0.490 e. The third kappa shape index (κ3) is 4.53. The first-order valence-corrected chi connectivity index (χ1v) is 9.65. The zero-order valence-electron chi connectivity index (χ0n) is 13.6. The molecule has 0 spiro atoms. The van der Waals surface area contributed by atoms with Crippen molar-refractivity contribution in [3.63, 3.8) is 0 Å². The molecule has 0 saturated heterocycles. The Morgan fingerprint density at radius 2 is 1.71 bits per heavy atom. The smallest absolute Gasteiger partial charge is 0.240 e. The Balaban J connectivity index is 0.00000208. The summed E-state index contributed by atoms with van der Waals surface area (Å²) in [5.74, 6) is 1.06. The maximum absolute atomic E-state index is 12.5. The van der Waals surface area contributed by atoms with Crippen LogP contribution in [0.25, 0.3) is 0 Å². The lowest BCUT2D eigenvalue weighted by atomic mass is 9.83. The highest BCUT2D eigenvalue weighted by molar-refractivity contribution is 7.89. The molecule has 0 bridgehead atoms. The van der Waals surface area contributed by atoms with Gasteiger partial charge in [-0.15, -0.1) is 12.4 Å². The van der Waals surface area contributed by atoms with Crippen molar-refractivity contribution in [2.75, 3.05) is 19.8 Å². The van der Waals surface area contributed by atoms with Crippen LogP contribution in [0.3, 0.4) is 0 Å². The van der Waals surface area contributed by atoms with E-state index in [-0.39, 0.29) is 23.8 Å². The van der Waals surface area contributed by atoms with Crippen molar-refractivity contribution < 1.29 is 17.9 Å². The number of benzene rings is 1. The second-order valence-corrected chi connectivity index (χ2v) is 8.17. The first-order valence-electron chi connectivity index (χ1n) is 8.17. The van der Waals surface area contributed by atoms with Crippen LogP contribution < -0.4 is 19.9 Å². The molecule has 136 valence electrons. The molecule has 1 saturated carbocycles. The summed E-state index contributed by atoms with van der Waals surface area (Å²) < 4.78 is 38.8. The lowest BCUT2D eigenvalue weighted by molar-refractivity contribution is 0.296. The highest BCUT2D eigenvalue weighted by atomic mass is 35.5. The molecule has 0 unspecified atom stereocenters. The molecular weight excluding hydrogens is 352 g/mol. The van der Waals surface area contributed by atoms with E-state index in [2.05, 4.69) is 4.72 Å². The molecule has 6 nitrogen and oxygen atoms in total. The summed E-state index contributed by atoms with van der Waals surface area (Å²) in [5, 5.41) is 0. The van der Waals surface area contributed by atoms with Gasteiger partial charge in [0, 0.05) is 24.6 Å². The van der Waals surface area contributed by atoms with Gasteiger partial charge in [-0.25, -0.2) is 13.1 Å². The quantitative estimate of drug-likeness (QED) is 0.840. The van der Waals surface area contributed by atoms with Crippen LogP contribution in [0.5, 0.6) is 11.5 Å². The van der Waals surface area contributed by atoms with Gasteiger partial charge in [-0.05, 0) is 25.0 Å². The van der Waals surface area contributed by atoms with Crippen molar-refractivity contribution >= 4 is 22.4 Å². The molecule has 0 amide bonds. The van der Waals surface area contributed by atoms with Crippen LogP contribution in [0, 0.1) is 0 Å². The Morgan fingerprint density at radius 1 is 1.04 bits per heavy atom. The van der Waals surface area contributed by atoms with Gasteiger partial charge in [-0.2, -0.15) is 0 Å². The Hall–Kier alpha value is -1.02. The van der Waals surface area contributed by atoms with Crippen LogP contribution >= 0.6 is 12.4 Å². The highest BCUT2D eigenvalue weighted by Crippen LogP contribution is 2.32. The molecule has 1 heterocycles. The third-order valence-corrected chi connectivity index (χ3v) is 5.89. The van der Waals surface area contributed by atoms with E-state index in [1.165, 1.54) is 12.5 Å². The van der Waals surface area contributed by atoms with Gasteiger partial charge in [0.25, 0.3) is 0 Å². The molecule has 3 N–H and O–H groups in total. The molecule has 1 aliphatic carbocycles. The number of hydrogen-bond acceptors (Lipinski definition) is 5. The van der Waals surface area contributed by atoms with Crippen molar-refractivity contribution in [3.05, 3.63) is 18.2 Å². The van der Waals surface area contributed by atoms with Gasteiger partial charge in [-0.3, -0.25) is 0 Å². The fourth-order valence-corrected chi connectivity index (χ4v) is 4.22. The lowest BCUT2D eigenvalue weighted by Crippen LogP contribution is -2.51. The number of nitrogens with two attached hydrogens (primary N) is 1. The maximum Gasteiger partial charge on any atom is 0.240 e. The number of fused-ring (bicyclic) bond motifs is 1. The number of sulfonamides is 1. The summed E-state index contributed by atoms with van der Waals surface area (Å²) in [7, 11) is -3.61. The SMILES string of the molecule is Cl.NC1(CNS(=O)(=O)c2ccc3c(c2)OCCCO3)CCCCC1. The van der Waals surface area contributed by atoms with Crippen LogP contribution in [-0.4, -0.2) is 33.7 Å². The van der Waals surface area contributed by atoms with E-state index in [9.17, 15) is 8.42 Å². The molecule has 0 atom stereocenters. The van der Waals surface area contributed by atoms with Crippen molar-refractivity contribution in [2.45, 2.75) is 49.0 Å². The molecule has 1 fully saturated rings. The molecule has 0 aromatic heterocycles. The Labute approximate surface area is 149 Å². The predicted octanol–water partition coefficient (Wildman–Crippen LogP) is 2.21. The topological polar surface area (TPSA) is 90.7 Å². The van der Waals surface area contributed by atoms with Gasteiger partial charge in [-0.1, -0.05) is 19.3 Å². The van der Waals surface area contributed by atoms with E-state index in [0.29, 0.717) is 24.7 Å². The number of rotatable bonds is 4. The third-order valence-electron chi connectivity index (χ3n) is 4.49. The van der Waals surface area contributed by atoms with Gasteiger partial charge in [0.05, 0.1) is 18.1 Å². The zero-order valence-corrected chi connectivity index (χ0v) is 15.3. The van der Waals surface area contributed by atoms with E-state index in [4.69, 9.17) is 15.2 Å². The van der Waals surface area contributed by atoms with Gasteiger partial charge < -0.3 is 15.2 Å². The Kier molecular flexibility index (Phi) is 6.36. The molecule has 8 heteroatoms. The Bertz CT molecular complexity index is 660. The molecule has 1 aromatic rings. The van der Waals surface area contributed by atoms with Gasteiger partial charge >= 0.3 is 0 Å². The van der Waals surface area contributed by atoms with Crippen LogP contribution in [0.4, 0.5) is 0 Å². The molecule has 1 aromatic carbocycles. The van der Waals surface area contributed by atoms with Crippen molar-refractivity contribution in [2.24, 2.45) is 5.73 Å². The number of nitrogens with one attached hydrogen (secondary N) is 1. The average molecular weight is 377 g/mol. The monoisotopic (exact) mass is 376 g/mol. The normalized spacial score (nSPS) is 19.9. The summed E-state index contributed by atoms with van der Waals surface area (Å²) in [5.41, 5.74) is 5.87. The van der Waals surface area contributed by atoms with E-state index >= 15 is 0 Å². The molecule has 1 aliphatic heterocycles. The number of ether oxygens (including phenoxy) is 2. The van der Waals surface area contributed by atoms with Crippen molar-refractivity contribution in [1.29, 1.82) is 0 Å². The molecule has 2 aliphatic rings. The van der Waals surface area contributed by atoms with Crippen LogP contribution in [0.1, 0.15) is 38.5 Å². The molecular formula is C16H25ClN2O4S. The second kappa shape index (κ2) is 7.91. The summed E-state index contributed by atoms with van der Waals surface area (Å²) in [6.07, 6.45) is 5.79. The van der Waals surface area contributed by atoms with Crippen molar-refractivity contribution in [1.82, 2.24) is 4.72 Å². The summed E-state index contributed by atoms with van der Waals surface area (Å²) in [4.78, 5) is 0.182. The van der Waals surface area contributed by atoms with E-state index in [1.807, 2.05) is 0 Å². The fourth-order valence-electron chi connectivity index (χ4n) is 3.07. The molecule has 3 rings (SSSR count). The van der Waals surface area contributed by atoms with Crippen molar-refractivity contribution in [3.8, 4) is 11.5 Å². The second-order valence-electron chi connectivity index (χ2n) is 6.41.